The third-order valence-corrected chi connectivity index (χ3v) is 4.23. The van der Waals surface area contributed by atoms with Crippen LogP contribution in [0, 0.1) is 0 Å². The number of nitrogens with one attached hydrogen (secondary N) is 1. The van der Waals surface area contributed by atoms with Crippen LogP contribution in [0.4, 0.5) is 0 Å². The Morgan fingerprint density at radius 1 is 1.28 bits per heavy atom. The lowest BCUT2D eigenvalue weighted by atomic mass is 10.0. The molecule has 1 aromatic heterocycles. The van der Waals surface area contributed by atoms with Crippen molar-refractivity contribution in [3.63, 3.8) is 0 Å². The summed E-state index contributed by atoms with van der Waals surface area (Å²) >= 11 is 7.61. The maximum Gasteiger partial charge on any atom is 0.0934 e. The Morgan fingerprint density at radius 3 is 2.78 bits per heavy atom. The third kappa shape index (κ3) is 3.35. The number of rotatable bonds is 5. The van der Waals surface area contributed by atoms with Crippen LogP contribution >= 0.6 is 22.9 Å². The second-order valence-electron chi connectivity index (χ2n) is 4.41. The molecule has 1 aromatic carbocycles. The Hall–Kier alpha value is -0.830. The maximum absolute atomic E-state index is 5.99. The average molecular weight is 280 g/mol. The minimum Gasteiger partial charge on any atom is -0.310 e. The Balaban J connectivity index is 2.19. The lowest BCUT2D eigenvalue weighted by molar-refractivity contribution is 0.571. The van der Waals surface area contributed by atoms with Crippen LogP contribution in [0.25, 0.3) is 10.4 Å². The molecule has 1 N–H and O–H groups in total. The van der Waals surface area contributed by atoms with Gasteiger partial charge in [0.2, 0.25) is 0 Å². The predicted molar refractivity (Wildman–Crippen MR) is 81.5 cm³/mol. The quantitative estimate of drug-likeness (QED) is 0.800. The molecule has 2 aromatic rings. The van der Waals surface area contributed by atoms with E-state index in [0.717, 1.165) is 17.3 Å². The van der Waals surface area contributed by atoms with Crippen LogP contribution < -0.4 is 5.32 Å². The molecule has 0 spiro atoms. The summed E-state index contributed by atoms with van der Waals surface area (Å²) in [5.74, 6) is 0. The molecule has 1 heterocycles. The van der Waals surface area contributed by atoms with Gasteiger partial charge in [-0.3, -0.25) is 0 Å². The fraction of sp³-hybridized carbons (Fsp3) is 0.333. The normalized spacial score (nSPS) is 12.6. The highest BCUT2D eigenvalue weighted by atomic mass is 35.5. The number of thiophene rings is 1. The summed E-state index contributed by atoms with van der Waals surface area (Å²) in [4.78, 5) is 1.23. The largest absolute Gasteiger partial charge is 0.310 e. The van der Waals surface area contributed by atoms with Crippen LogP contribution in [0.15, 0.2) is 36.4 Å². The van der Waals surface area contributed by atoms with Gasteiger partial charge < -0.3 is 5.32 Å². The summed E-state index contributed by atoms with van der Waals surface area (Å²) < 4.78 is 0.840. The molecule has 96 valence electrons. The Morgan fingerprint density at radius 2 is 2.11 bits per heavy atom. The standard InChI is InChI=1S/C15H18ClNS/c1-3-9-17-11(2)12-5-4-6-13(10-12)14-7-8-15(16)18-14/h4-8,10-11,17H,3,9H2,1-2H3. The predicted octanol–water partition coefficient (Wildman–Crippen LogP) is 5.13. The van der Waals surface area contributed by atoms with Gasteiger partial charge in [-0.2, -0.15) is 0 Å². The Labute approximate surface area is 118 Å². The molecule has 0 aliphatic carbocycles. The van der Waals surface area contributed by atoms with E-state index < -0.39 is 0 Å². The zero-order valence-electron chi connectivity index (χ0n) is 10.7. The summed E-state index contributed by atoms with van der Waals surface area (Å²) in [7, 11) is 0. The van der Waals surface area contributed by atoms with E-state index in [9.17, 15) is 0 Å². The third-order valence-electron chi connectivity index (χ3n) is 2.94. The zero-order chi connectivity index (χ0) is 13.0. The molecule has 0 radical (unpaired) electrons. The van der Waals surface area contributed by atoms with Crippen LogP contribution in [0.5, 0.6) is 0 Å². The van der Waals surface area contributed by atoms with Gasteiger partial charge in [0.1, 0.15) is 0 Å². The second kappa shape index (κ2) is 6.37. The summed E-state index contributed by atoms with van der Waals surface area (Å²) in [6, 6.07) is 13.1. The molecule has 18 heavy (non-hydrogen) atoms. The van der Waals surface area contributed by atoms with E-state index in [4.69, 9.17) is 11.6 Å². The van der Waals surface area contributed by atoms with Crippen LogP contribution in [-0.4, -0.2) is 6.54 Å². The monoisotopic (exact) mass is 279 g/mol. The SMILES string of the molecule is CCCNC(C)c1cccc(-c2ccc(Cl)s2)c1. The molecule has 0 bridgehead atoms. The van der Waals surface area contributed by atoms with Gasteiger partial charge >= 0.3 is 0 Å². The van der Waals surface area contributed by atoms with Gasteiger partial charge in [-0.15, -0.1) is 11.3 Å². The molecule has 0 saturated heterocycles. The zero-order valence-corrected chi connectivity index (χ0v) is 12.3. The number of benzene rings is 1. The van der Waals surface area contributed by atoms with Gasteiger partial charge in [0.25, 0.3) is 0 Å². The molecule has 2 rings (SSSR count). The summed E-state index contributed by atoms with van der Waals surface area (Å²) in [6.45, 7) is 5.44. The fourth-order valence-electron chi connectivity index (χ4n) is 1.91. The van der Waals surface area contributed by atoms with Crippen molar-refractivity contribution in [3.05, 3.63) is 46.3 Å². The molecule has 3 heteroatoms. The second-order valence-corrected chi connectivity index (χ2v) is 6.12. The topological polar surface area (TPSA) is 12.0 Å². The molecule has 0 amide bonds. The lowest BCUT2D eigenvalue weighted by Gasteiger charge is -2.14. The van der Waals surface area contributed by atoms with E-state index >= 15 is 0 Å². The number of hydrogen-bond donors (Lipinski definition) is 1. The Kier molecular flexibility index (Phi) is 4.81. The van der Waals surface area contributed by atoms with E-state index in [1.54, 1.807) is 11.3 Å². The van der Waals surface area contributed by atoms with Crippen molar-refractivity contribution < 1.29 is 0 Å². The molecule has 0 fully saturated rings. The highest BCUT2D eigenvalue weighted by Crippen LogP contribution is 2.32. The molecular formula is C15H18ClNS. The fourth-order valence-corrected chi connectivity index (χ4v) is 2.95. The van der Waals surface area contributed by atoms with Gasteiger partial charge in [-0.05, 0) is 49.2 Å². The molecule has 1 nitrogen and oxygen atoms in total. The minimum absolute atomic E-state index is 0.389. The molecule has 1 atom stereocenters. The van der Waals surface area contributed by atoms with Gasteiger partial charge in [-0.1, -0.05) is 36.7 Å². The van der Waals surface area contributed by atoms with Gasteiger partial charge in [0, 0.05) is 10.9 Å². The van der Waals surface area contributed by atoms with E-state index in [-0.39, 0.29) is 0 Å². The van der Waals surface area contributed by atoms with E-state index in [1.807, 2.05) is 6.07 Å². The summed E-state index contributed by atoms with van der Waals surface area (Å²) in [6.07, 6.45) is 1.16. The molecule has 0 aliphatic heterocycles. The first-order valence-corrected chi connectivity index (χ1v) is 7.49. The molecular weight excluding hydrogens is 262 g/mol. The number of hydrogen-bond acceptors (Lipinski definition) is 2. The highest BCUT2D eigenvalue weighted by molar-refractivity contribution is 7.19. The van der Waals surface area contributed by atoms with Crippen molar-refractivity contribution in [1.82, 2.24) is 5.32 Å². The summed E-state index contributed by atoms with van der Waals surface area (Å²) in [5, 5.41) is 3.51. The van der Waals surface area contributed by atoms with Crippen LogP contribution in [0.3, 0.4) is 0 Å². The minimum atomic E-state index is 0.389. The van der Waals surface area contributed by atoms with Crippen LogP contribution in [0.2, 0.25) is 4.34 Å². The van der Waals surface area contributed by atoms with Crippen molar-refractivity contribution in [2.45, 2.75) is 26.3 Å². The van der Waals surface area contributed by atoms with Crippen molar-refractivity contribution in [2.75, 3.05) is 6.54 Å². The van der Waals surface area contributed by atoms with Gasteiger partial charge in [-0.25, -0.2) is 0 Å². The summed E-state index contributed by atoms with van der Waals surface area (Å²) in [5.41, 5.74) is 2.57. The maximum atomic E-state index is 5.99. The van der Waals surface area contributed by atoms with Crippen molar-refractivity contribution in [2.24, 2.45) is 0 Å². The van der Waals surface area contributed by atoms with E-state index in [0.29, 0.717) is 6.04 Å². The first kappa shape index (κ1) is 13.6. The van der Waals surface area contributed by atoms with E-state index in [2.05, 4.69) is 49.5 Å². The first-order valence-electron chi connectivity index (χ1n) is 6.29. The lowest BCUT2D eigenvalue weighted by Crippen LogP contribution is -2.19. The molecule has 0 aliphatic rings. The van der Waals surface area contributed by atoms with Gasteiger partial charge in [0.05, 0.1) is 4.34 Å². The van der Waals surface area contributed by atoms with Crippen LogP contribution in [-0.2, 0) is 0 Å². The van der Waals surface area contributed by atoms with Crippen molar-refractivity contribution in [1.29, 1.82) is 0 Å². The highest BCUT2D eigenvalue weighted by Gasteiger charge is 2.07. The first-order chi connectivity index (χ1) is 8.70. The smallest absolute Gasteiger partial charge is 0.0934 e. The Bertz CT molecular complexity index is 507. The van der Waals surface area contributed by atoms with E-state index in [1.165, 1.54) is 16.0 Å². The average Bonchev–Trinajstić information content (AvgIpc) is 2.83. The molecule has 1 unspecified atom stereocenters. The van der Waals surface area contributed by atoms with Crippen molar-refractivity contribution in [3.8, 4) is 10.4 Å². The van der Waals surface area contributed by atoms with Crippen LogP contribution in [0.1, 0.15) is 31.9 Å². The van der Waals surface area contributed by atoms with Gasteiger partial charge in [0.15, 0.2) is 0 Å². The van der Waals surface area contributed by atoms with Crippen molar-refractivity contribution >= 4 is 22.9 Å². The number of halogens is 1. The molecule has 0 saturated carbocycles.